The molecule has 1 aliphatic rings. The second-order valence-corrected chi connectivity index (χ2v) is 14.6. The summed E-state index contributed by atoms with van der Waals surface area (Å²) in [4.78, 5) is 42.8. The predicted molar refractivity (Wildman–Crippen MR) is 186 cm³/mol. The van der Waals surface area contributed by atoms with Gasteiger partial charge in [0, 0.05) is 46.9 Å². The second-order valence-electron chi connectivity index (χ2n) is 13.2. The van der Waals surface area contributed by atoms with Crippen molar-refractivity contribution in [1.29, 1.82) is 0 Å². The number of ether oxygens (including phenoxy) is 2. The van der Waals surface area contributed by atoms with Gasteiger partial charge in [0.2, 0.25) is 0 Å². The van der Waals surface area contributed by atoms with Gasteiger partial charge in [-0.15, -0.1) is 11.3 Å². The first-order chi connectivity index (χ1) is 23.1. The molecule has 0 N–H and O–H groups in total. The quantitative estimate of drug-likeness (QED) is 0.170. The van der Waals surface area contributed by atoms with Crippen LogP contribution in [0.3, 0.4) is 0 Å². The van der Waals surface area contributed by atoms with Crippen molar-refractivity contribution in [2.24, 2.45) is 0 Å². The number of methoxy groups -OCH3 is 1. The number of fused-ring (bicyclic) bond motifs is 1. The molecule has 1 saturated carbocycles. The van der Waals surface area contributed by atoms with Crippen LogP contribution in [0.1, 0.15) is 72.0 Å². The maximum atomic E-state index is 14.5. The number of rotatable bonds is 8. The fraction of sp³-hybridized carbons (Fsp3) is 0.378. The Balaban J connectivity index is 1.45. The van der Waals surface area contributed by atoms with E-state index in [1.54, 1.807) is 24.1 Å². The van der Waals surface area contributed by atoms with Crippen LogP contribution in [-0.2, 0) is 11.3 Å². The van der Waals surface area contributed by atoms with Gasteiger partial charge in [-0.25, -0.2) is 4.79 Å². The van der Waals surface area contributed by atoms with Crippen LogP contribution in [0.2, 0.25) is 5.02 Å². The van der Waals surface area contributed by atoms with E-state index < -0.39 is 29.2 Å². The minimum Gasteiger partial charge on any atom is -0.496 e. The lowest BCUT2D eigenvalue weighted by Gasteiger charge is -2.40. The van der Waals surface area contributed by atoms with Gasteiger partial charge in [0.15, 0.2) is 0 Å². The number of Topliss-reactive ketones (excluding diaryl/α,β-unsaturated/α-hetero) is 1. The van der Waals surface area contributed by atoms with E-state index in [0.29, 0.717) is 58.0 Å². The average molecular weight is 715 g/mol. The van der Waals surface area contributed by atoms with Crippen LogP contribution in [0.5, 0.6) is 5.75 Å². The fourth-order valence-electron chi connectivity index (χ4n) is 6.13. The molecule has 1 aromatic heterocycles. The third-order valence-electron chi connectivity index (χ3n) is 8.69. The van der Waals surface area contributed by atoms with Crippen LogP contribution in [0.25, 0.3) is 21.2 Å². The van der Waals surface area contributed by atoms with Gasteiger partial charge in [-0.2, -0.15) is 13.2 Å². The Morgan fingerprint density at radius 3 is 2.10 bits per heavy atom. The zero-order chi connectivity index (χ0) is 35.7. The number of hydrogen-bond donors (Lipinski definition) is 0. The van der Waals surface area contributed by atoms with E-state index in [2.05, 4.69) is 0 Å². The van der Waals surface area contributed by atoms with Gasteiger partial charge in [-0.1, -0.05) is 60.1 Å². The highest BCUT2D eigenvalue weighted by molar-refractivity contribution is 7.21. The van der Waals surface area contributed by atoms with E-state index >= 15 is 0 Å². The molecule has 49 heavy (non-hydrogen) atoms. The Morgan fingerprint density at radius 2 is 1.51 bits per heavy atom. The summed E-state index contributed by atoms with van der Waals surface area (Å²) in [6.45, 7) is 5.64. The zero-order valence-electron chi connectivity index (χ0n) is 27.9. The molecule has 260 valence electrons. The van der Waals surface area contributed by atoms with Crippen LogP contribution in [0.4, 0.5) is 18.0 Å². The van der Waals surface area contributed by atoms with E-state index in [0.717, 1.165) is 22.2 Å². The largest absolute Gasteiger partial charge is 0.496 e. The summed E-state index contributed by atoms with van der Waals surface area (Å²) >= 11 is 8.14. The number of benzene rings is 3. The fourth-order valence-corrected chi connectivity index (χ4v) is 7.60. The number of carbonyl (C=O) groups is 3. The van der Waals surface area contributed by atoms with Gasteiger partial charge in [0.05, 0.1) is 12.1 Å². The van der Waals surface area contributed by atoms with Crippen molar-refractivity contribution < 1.29 is 37.0 Å². The summed E-state index contributed by atoms with van der Waals surface area (Å²) in [5, 5.41) is 1.19. The van der Waals surface area contributed by atoms with E-state index in [-0.39, 0.29) is 24.5 Å². The van der Waals surface area contributed by atoms with Crippen LogP contribution in [0, 0.1) is 0 Å². The minimum absolute atomic E-state index is 0.0546. The van der Waals surface area contributed by atoms with Crippen molar-refractivity contribution in [1.82, 2.24) is 9.80 Å². The summed E-state index contributed by atoms with van der Waals surface area (Å²) in [5.41, 5.74) is 0.894. The molecule has 0 aliphatic heterocycles. The number of thiophene rings is 1. The third-order valence-corrected chi connectivity index (χ3v) is 10.3. The van der Waals surface area contributed by atoms with E-state index in [9.17, 15) is 27.6 Å². The van der Waals surface area contributed by atoms with Gasteiger partial charge >= 0.3 is 12.3 Å². The summed E-state index contributed by atoms with van der Waals surface area (Å²) in [6.07, 6.45) is -2.79. The molecule has 1 aliphatic carbocycles. The number of nitrogens with zero attached hydrogens (tertiary/aromatic N) is 2. The van der Waals surface area contributed by atoms with Gasteiger partial charge < -0.3 is 19.3 Å². The molecule has 7 nitrogen and oxygen atoms in total. The van der Waals surface area contributed by atoms with Crippen molar-refractivity contribution in [3.63, 3.8) is 0 Å². The second kappa shape index (κ2) is 14.4. The maximum Gasteiger partial charge on any atom is 0.454 e. The number of carbonyl (C=O) groups excluding carboxylic acids is 3. The van der Waals surface area contributed by atoms with Crippen molar-refractivity contribution in [3.05, 3.63) is 87.8 Å². The number of halogens is 4. The van der Waals surface area contributed by atoms with E-state index in [1.165, 1.54) is 30.6 Å². The van der Waals surface area contributed by atoms with Crippen molar-refractivity contribution >= 4 is 50.8 Å². The lowest BCUT2D eigenvalue weighted by atomic mass is 9.89. The lowest BCUT2D eigenvalue weighted by molar-refractivity contribution is -0.0885. The highest BCUT2D eigenvalue weighted by Gasteiger charge is 2.39. The van der Waals surface area contributed by atoms with Crippen LogP contribution < -0.4 is 4.74 Å². The Labute approximate surface area is 292 Å². The summed E-state index contributed by atoms with van der Waals surface area (Å²) in [6, 6.07) is 17.9. The van der Waals surface area contributed by atoms with Gasteiger partial charge in [-0.05, 0) is 75.8 Å². The van der Waals surface area contributed by atoms with E-state index in [1.807, 2.05) is 56.0 Å². The van der Waals surface area contributed by atoms with Crippen molar-refractivity contribution in [2.45, 2.75) is 76.9 Å². The van der Waals surface area contributed by atoms with Gasteiger partial charge in [0.1, 0.15) is 16.2 Å². The topological polar surface area (TPSA) is 76.2 Å². The molecule has 0 radical (unpaired) electrons. The summed E-state index contributed by atoms with van der Waals surface area (Å²) in [5.74, 6) is -1.60. The molecular formula is C37H38ClF3N2O5S. The molecule has 0 unspecified atom stereocenters. The standard InChI is InChI=1S/C37H38ClF3N2O5S/c1-36(2,3)48-35(46)42(4)26-15-17-27(18-16-26)43(34(45)32-31(38)28-8-6-7-9-30(28)49-32)21-25-20-24(14-19-29(25)47-5)22-10-12-23(13-11-22)33(44)37(39,40)41/h6-14,19-20,26-27H,15-18,21H2,1-5H3/t26-,27-. The molecule has 5 rings (SSSR count). The first kappa shape index (κ1) is 36.2. The molecule has 0 saturated heterocycles. The Bertz CT molecular complexity index is 1840. The molecule has 1 fully saturated rings. The molecule has 0 atom stereocenters. The zero-order valence-corrected chi connectivity index (χ0v) is 29.5. The summed E-state index contributed by atoms with van der Waals surface area (Å²) in [7, 11) is 3.27. The van der Waals surface area contributed by atoms with Gasteiger partial charge in [0.25, 0.3) is 11.7 Å². The molecule has 1 heterocycles. The highest BCUT2D eigenvalue weighted by atomic mass is 35.5. The monoisotopic (exact) mass is 714 g/mol. The van der Waals surface area contributed by atoms with Crippen molar-refractivity contribution in [3.8, 4) is 16.9 Å². The van der Waals surface area contributed by atoms with Crippen LogP contribution in [0.15, 0.2) is 66.7 Å². The molecule has 12 heteroatoms. The van der Waals surface area contributed by atoms with Crippen molar-refractivity contribution in [2.75, 3.05) is 14.2 Å². The first-order valence-corrected chi connectivity index (χ1v) is 17.1. The van der Waals surface area contributed by atoms with Gasteiger partial charge in [-0.3, -0.25) is 9.59 Å². The normalized spacial score (nSPS) is 16.7. The Hall–Kier alpha value is -4.09. The average Bonchev–Trinajstić information content (AvgIpc) is 3.41. The minimum atomic E-state index is -4.97. The number of amides is 2. The maximum absolute atomic E-state index is 14.5. The summed E-state index contributed by atoms with van der Waals surface area (Å²) < 4.78 is 51.1. The molecule has 0 bridgehead atoms. The lowest BCUT2D eigenvalue weighted by Crippen LogP contribution is -2.47. The molecule has 4 aromatic rings. The molecule has 0 spiro atoms. The van der Waals surface area contributed by atoms with Crippen LogP contribution >= 0.6 is 22.9 Å². The molecule has 3 aromatic carbocycles. The molecular weight excluding hydrogens is 677 g/mol. The number of alkyl halides is 3. The Kier molecular flexibility index (Phi) is 10.6. The third kappa shape index (κ3) is 8.21. The number of hydrogen-bond acceptors (Lipinski definition) is 6. The smallest absolute Gasteiger partial charge is 0.454 e. The SMILES string of the molecule is COc1ccc(-c2ccc(C(=O)C(F)(F)F)cc2)cc1CN(C(=O)c1sc2ccccc2c1Cl)[C@H]1CC[C@H](N(C)C(=O)OC(C)(C)C)CC1. The molecule has 2 amide bonds. The first-order valence-electron chi connectivity index (χ1n) is 15.9. The number of ketones is 1. The van der Waals surface area contributed by atoms with Crippen LogP contribution in [-0.4, -0.2) is 65.6 Å². The Morgan fingerprint density at radius 1 is 0.898 bits per heavy atom. The predicted octanol–water partition coefficient (Wildman–Crippen LogP) is 9.80. The highest BCUT2D eigenvalue weighted by Crippen LogP contribution is 2.39. The van der Waals surface area contributed by atoms with E-state index in [4.69, 9.17) is 21.1 Å².